The number of rotatable bonds is 5. The van der Waals surface area contributed by atoms with Crippen LogP contribution in [-0.2, 0) is 13.0 Å². The molecule has 0 spiro atoms. The minimum absolute atomic E-state index is 0.0452. The van der Waals surface area contributed by atoms with E-state index < -0.39 is 5.97 Å². The lowest BCUT2D eigenvalue weighted by Gasteiger charge is -2.10. The number of aromatic nitrogens is 3. The molecule has 0 saturated carbocycles. The van der Waals surface area contributed by atoms with Crippen molar-refractivity contribution in [3.05, 3.63) is 45.4 Å². The summed E-state index contributed by atoms with van der Waals surface area (Å²) in [6, 6.07) is 4.72. The van der Waals surface area contributed by atoms with E-state index in [1.807, 2.05) is 13.8 Å². The Bertz CT molecular complexity index is 670. The Morgan fingerprint density at radius 1 is 1.48 bits per heavy atom. The predicted molar refractivity (Wildman–Crippen MR) is 78.7 cm³/mol. The lowest BCUT2D eigenvalue weighted by atomic mass is 10.1. The maximum atomic E-state index is 13.5. The molecule has 2 rings (SSSR count). The van der Waals surface area contributed by atoms with Crippen LogP contribution in [0.1, 0.15) is 35.6 Å². The number of carbonyl (C=O) groups is 1. The molecule has 7 heteroatoms. The molecule has 0 fully saturated rings. The maximum absolute atomic E-state index is 13.5. The predicted octanol–water partition coefficient (Wildman–Crippen LogP) is 3.12. The van der Waals surface area contributed by atoms with Crippen molar-refractivity contribution in [1.29, 1.82) is 0 Å². The third-order valence-corrected chi connectivity index (χ3v) is 3.88. The van der Waals surface area contributed by atoms with Crippen LogP contribution in [0.25, 0.3) is 0 Å². The van der Waals surface area contributed by atoms with Crippen molar-refractivity contribution in [2.24, 2.45) is 5.92 Å². The van der Waals surface area contributed by atoms with E-state index >= 15 is 0 Å². The third-order valence-electron chi connectivity index (χ3n) is 2.99. The van der Waals surface area contributed by atoms with E-state index in [-0.39, 0.29) is 24.0 Å². The topological polar surface area (TPSA) is 68.0 Å². The first-order chi connectivity index (χ1) is 9.90. The Balaban J connectivity index is 2.40. The second-order valence-corrected chi connectivity index (χ2v) is 5.95. The van der Waals surface area contributed by atoms with Crippen LogP contribution in [0.2, 0.25) is 0 Å². The van der Waals surface area contributed by atoms with Crippen LogP contribution in [-0.4, -0.2) is 26.1 Å². The summed E-state index contributed by atoms with van der Waals surface area (Å²) in [6.07, 6.45) is 0.543. The summed E-state index contributed by atoms with van der Waals surface area (Å²) >= 11 is 3.20. The van der Waals surface area contributed by atoms with Gasteiger partial charge in [0.2, 0.25) is 0 Å². The van der Waals surface area contributed by atoms with E-state index in [9.17, 15) is 14.3 Å². The summed E-state index contributed by atoms with van der Waals surface area (Å²) < 4.78 is 15.4. The minimum Gasteiger partial charge on any atom is -0.476 e. The van der Waals surface area contributed by atoms with Gasteiger partial charge in [0, 0.05) is 0 Å². The Morgan fingerprint density at radius 2 is 2.19 bits per heavy atom. The number of hydrogen-bond donors (Lipinski definition) is 1. The number of carboxylic acid groups (broad SMARTS) is 1. The fourth-order valence-corrected chi connectivity index (χ4v) is 2.44. The zero-order chi connectivity index (χ0) is 15.6. The van der Waals surface area contributed by atoms with E-state index in [4.69, 9.17) is 0 Å². The third kappa shape index (κ3) is 3.47. The summed E-state index contributed by atoms with van der Waals surface area (Å²) in [5.74, 6) is -1.21. The molecule has 0 radical (unpaired) electrons. The molecule has 0 aliphatic heterocycles. The number of nitrogens with zero attached hydrogens (tertiary/aromatic N) is 3. The summed E-state index contributed by atoms with van der Waals surface area (Å²) in [5, 5.41) is 16.8. The Morgan fingerprint density at radius 3 is 2.81 bits per heavy atom. The molecule has 112 valence electrons. The lowest BCUT2D eigenvalue weighted by Crippen LogP contribution is -2.12. The van der Waals surface area contributed by atoms with Crippen molar-refractivity contribution in [3.8, 4) is 0 Å². The highest BCUT2D eigenvalue weighted by Gasteiger charge is 2.20. The highest BCUT2D eigenvalue weighted by Crippen LogP contribution is 2.22. The van der Waals surface area contributed by atoms with Crippen molar-refractivity contribution in [3.63, 3.8) is 0 Å². The van der Waals surface area contributed by atoms with Crippen LogP contribution in [0, 0.1) is 11.7 Å². The summed E-state index contributed by atoms with van der Waals surface area (Å²) in [4.78, 5) is 11.2. The van der Waals surface area contributed by atoms with Crippen LogP contribution in [0.3, 0.4) is 0 Å². The van der Waals surface area contributed by atoms with E-state index in [2.05, 4.69) is 26.2 Å². The molecule has 0 aliphatic rings. The van der Waals surface area contributed by atoms with E-state index in [1.54, 1.807) is 12.1 Å². The van der Waals surface area contributed by atoms with Crippen molar-refractivity contribution < 1.29 is 14.3 Å². The molecule has 0 saturated heterocycles. The molecule has 21 heavy (non-hydrogen) atoms. The van der Waals surface area contributed by atoms with Crippen LogP contribution in [0.5, 0.6) is 0 Å². The summed E-state index contributed by atoms with van der Waals surface area (Å²) in [6.45, 7) is 4.24. The Labute approximate surface area is 129 Å². The normalized spacial score (nSPS) is 11.1. The summed E-state index contributed by atoms with van der Waals surface area (Å²) in [5.41, 5.74) is 1.19. The van der Waals surface area contributed by atoms with Gasteiger partial charge in [0.1, 0.15) is 5.82 Å². The van der Waals surface area contributed by atoms with Gasteiger partial charge < -0.3 is 5.11 Å². The van der Waals surface area contributed by atoms with Crippen LogP contribution in [0.4, 0.5) is 4.39 Å². The first-order valence-electron chi connectivity index (χ1n) is 6.48. The quantitative estimate of drug-likeness (QED) is 0.894. The number of benzene rings is 1. The van der Waals surface area contributed by atoms with Crippen molar-refractivity contribution >= 4 is 21.9 Å². The molecule has 0 amide bonds. The molecule has 0 atom stereocenters. The molecule has 0 unspecified atom stereocenters. The van der Waals surface area contributed by atoms with Gasteiger partial charge in [0.15, 0.2) is 5.69 Å². The van der Waals surface area contributed by atoms with Gasteiger partial charge in [0.05, 0.1) is 16.7 Å². The van der Waals surface area contributed by atoms with Gasteiger partial charge in [-0.15, -0.1) is 5.10 Å². The zero-order valence-electron chi connectivity index (χ0n) is 11.7. The first-order valence-corrected chi connectivity index (χ1v) is 7.28. The number of aromatic carboxylic acids is 1. The van der Waals surface area contributed by atoms with Gasteiger partial charge in [-0.1, -0.05) is 31.2 Å². The van der Waals surface area contributed by atoms with Gasteiger partial charge >= 0.3 is 5.97 Å². The average molecular weight is 356 g/mol. The second kappa shape index (κ2) is 6.34. The molecule has 5 nitrogen and oxygen atoms in total. The van der Waals surface area contributed by atoms with Crippen LogP contribution < -0.4 is 0 Å². The van der Waals surface area contributed by atoms with E-state index in [0.717, 1.165) is 0 Å². The van der Waals surface area contributed by atoms with Crippen LogP contribution >= 0.6 is 15.9 Å². The maximum Gasteiger partial charge on any atom is 0.358 e. The van der Waals surface area contributed by atoms with E-state index in [1.165, 1.54) is 10.7 Å². The van der Waals surface area contributed by atoms with Crippen molar-refractivity contribution in [2.45, 2.75) is 26.8 Å². The summed E-state index contributed by atoms with van der Waals surface area (Å²) in [7, 11) is 0. The molecule has 0 bridgehead atoms. The minimum atomic E-state index is -1.10. The molecule has 1 aromatic carbocycles. The van der Waals surface area contributed by atoms with E-state index in [0.29, 0.717) is 22.2 Å². The van der Waals surface area contributed by atoms with Gasteiger partial charge in [-0.25, -0.2) is 13.9 Å². The van der Waals surface area contributed by atoms with Gasteiger partial charge in [-0.2, -0.15) is 0 Å². The zero-order valence-corrected chi connectivity index (χ0v) is 13.3. The molecule has 1 N–H and O–H groups in total. The SMILES string of the molecule is CC(C)Cc1c(C(=O)O)nnn1Cc1cccc(F)c1Br. The second-order valence-electron chi connectivity index (χ2n) is 5.16. The number of hydrogen-bond acceptors (Lipinski definition) is 3. The van der Waals surface area contributed by atoms with Gasteiger partial charge in [-0.3, -0.25) is 0 Å². The monoisotopic (exact) mass is 355 g/mol. The average Bonchev–Trinajstić information content (AvgIpc) is 2.77. The fourth-order valence-electron chi connectivity index (χ4n) is 2.05. The standard InChI is InChI=1S/C14H15BrFN3O2/c1-8(2)6-11-13(14(20)21)17-18-19(11)7-9-4-3-5-10(16)12(9)15/h3-5,8H,6-7H2,1-2H3,(H,20,21). The Hall–Kier alpha value is -1.76. The smallest absolute Gasteiger partial charge is 0.358 e. The number of halogens is 2. The van der Waals surface area contributed by atoms with Crippen molar-refractivity contribution in [2.75, 3.05) is 0 Å². The molecular formula is C14H15BrFN3O2. The highest BCUT2D eigenvalue weighted by molar-refractivity contribution is 9.10. The Kier molecular flexibility index (Phi) is 4.72. The van der Waals surface area contributed by atoms with Crippen molar-refractivity contribution in [1.82, 2.24) is 15.0 Å². The molecule has 0 aliphatic carbocycles. The molecule has 1 aromatic heterocycles. The first kappa shape index (κ1) is 15.6. The van der Waals surface area contributed by atoms with Gasteiger partial charge in [0.25, 0.3) is 0 Å². The largest absolute Gasteiger partial charge is 0.476 e. The highest BCUT2D eigenvalue weighted by atomic mass is 79.9. The molecule has 2 aromatic rings. The van der Waals surface area contributed by atoms with Crippen LogP contribution in [0.15, 0.2) is 22.7 Å². The number of carboxylic acids is 1. The molecule has 1 heterocycles. The lowest BCUT2D eigenvalue weighted by molar-refractivity contribution is 0.0689. The fraction of sp³-hybridized carbons (Fsp3) is 0.357. The van der Waals surface area contributed by atoms with Gasteiger partial charge in [-0.05, 0) is 39.9 Å². The molecular weight excluding hydrogens is 341 g/mol.